The first kappa shape index (κ1) is 11.2. The average molecular weight is 218 g/mol. The Labute approximate surface area is 96.6 Å². The molecule has 0 amide bonds. The zero-order valence-electron chi connectivity index (χ0n) is 9.74. The molecule has 16 heavy (non-hydrogen) atoms. The SMILES string of the molecule is CCOC(=O)c1ccccc1CC1CCC1. The number of ether oxygens (including phenoxy) is 1. The van der Waals surface area contributed by atoms with Gasteiger partial charge in [0, 0.05) is 0 Å². The fraction of sp³-hybridized carbons (Fsp3) is 0.500. The smallest absolute Gasteiger partial charge is 0.338 e. The molecule has 0 bridgehead atoms. The fourth-order valence-electron chi connectivity index (χ4n) is 2.11. The van der Waals surface area contributed by atoms with E-state index in [4.69, 9.17) is 4.74 Å². The maximum atomic E-state index is 11.7. The van der Waals surface area contributed by atoms with Crippen molar-refractivity contribution in [2.24, 2.45) is 5.92 Å². The minimum Gasteiger partial charge on any atom is -0.462 e. The lowest BCUT2D eigenvalue weighted by Gasteiger charge is -2.25. The second kappa shape index (κ2) is 5.15. The van der Waals surface area contributed by atoms with E-state index in [-0.39, 0.29) is 5.97 Å². The van der Waals surface area contributed by atoms with Gasteiger partial charge < -0.3 is 4.74 Å². The summed E-state index contributed by atoms with van der Waals surface area (Å²) in [5, 5.41) is 0. The van der Waals surface area contributed by atoms with Gasteiger partial charge in [0.25, 0.3) is 0 Å². The van der Waals surface area contributed by atoms with Gasteiger partial charge in [-0.3, -0.25) is 0 Å². The highest BCUT2D eigenvalue weighted by molar-refractivity contribution is 5.91. The van der Waals surface area contributed by atoms with Gasteiger partial charge in [-0.1, -0.05) is 37.5 Å². The Bertz CT molecular complexity index is 367. The maximum absolute atomic E-state index is 11.7. The summed E-state index contributed by atoms with van der Waals surface area (Å²) in [7, 11) is 0. The van der Waals surface area contributed by atoms with Crippen LogP contribution in [0.3, 0.4) is 0 Å². The van der Waals surface area contributed by atoms with Crippen molar-refractivity contribution in [3.8, 4) is 0 Å². The number of esters is 1. The van der Waals surface area contributed by atoms with Gasteiger partial charge in [0.1, 0.15) is 0 Å². The van der Waals surface area contributed by atoms with Crippen LogP contribution in [0.2, 0.25) is 0 Å². The van der Waals surface area contributed by atoms with Gasteiger partial charge in [-0.05, 0) is 30.9 Å². The normalized spacial score (nSPS) is 15.6. The predicted molar refractivity (Wildman–Crippen MR) is 63.4 cm³/mol. The molecule has 0 N–H and O–H groups in total. The highest BCUT2D eigenvalue weighted by Gasteiger charge is 2.20. The highest BCUT2D eigenvalue weighted by atomic mass is 16.5. The Hall–Kier alpha value is -1.31. The van der Waals surface area contributed by atoms with Crippen LogP contribution in [0, 0.1) is 5.92 Å². The van der Waals surface area contributed by atoms with E-state index in [1.54, 1.807) is 0 Å². The van der Waals surface area contributed by atoms with Crippen LogP contribution in [0.5, 0.6) is 0 Å². The third-order valence-electron chi connectivity index (χ3n) is 3.25. The Morgan fingerprint density at radius 2 is 2.12 bits per heavy atom. The van der Waals surface area contributed by atoms with E-state index in [0.717, 1.165) is 23.5 Å². The molecule has 1 saturated carbocycles. The van der Waals surface area contributed by atoms with Crippen molar-refractivity contribution in [1.29, 1.82) is 0 Å². The van der Waals surface area contributed by atoms with Crippen molar-refractivity contribution in [3.05, 3.63) is 35.4 Å². The predicted octanol–water partition coefficient (Wildman–Crippen LogP) is 3.21. The molecular weight excluding hydrogens is 200 g/mol. The van der Waals surface area contributed by atoms with Crippen molar-refractivity contribution in [1.82, 2.24) is 0 Å². The lowest BCUT2D eigenvalue weighted by atomic mass is 9.80. The lowest BCUT2D eigenvalue weighted by Crippen LogP contribution is -2.16. The molecule has 0 aromatic heterocycles. The number of carbonyl (C=O) groups excluding carboxylic acids is 1. The monoisotopic (exact) mass is 218 g/mol. The maximum Gasteiger partial charge on any atom is 0.338 e. The van der Waals surface area contributed by atoms with Gasteiger partial charge in [-0.2, -0.15) is 0 Å². The molecule has 86 valence electrons. The Balaban J connectivity index is 2.12. The van der Waals surface area contributed by atoms with Crippen molar-refractivity contribution in [2.45, 2.75) is 32.6 Å². The molecule has 0 aliphatic heterocycles. The third kappa shape index (κ3) is 2.43. The van der Waals surface area contributed by atoms with E-state index in [0.29, 0.717) is 6.61 Å². The topological polar surface area (TPSA) is 26.3 Å². The van der Waals surface area contributed by atoms with Gasteiger partial charge in [-0.25, -0.2) is 4.79 Å². The molecule has 0 heterocycles. The summed E-state index contributed by atoms with van der Waals surface area (Å²) in [5.41, 5.74) is 1.89. The molecule has 0 spiro atoms. The lowest BCUT2D eigenvalue weighted by molar-refractivity contribution is 0.0524. The van der Waals surface area contributed by atoms with Crippen molar-refractivity contribution >= 4 is 5.97 Å². The van der Waals surface area contributed by atoms with Crippen LogP contribution in [0.25, 0.3) is 0 Å². The van der Waals surface area contributed by atoms with Gasteiger partial charge >= 0.3 is 5.97 Å². The van der Waals surface area contributed by atoms with E-state index in [9.17, 15) is 4.79 Å². The van der Waals surface area contributed by atoms with Crippen LogP contribution < -0.4 is 0 Å². The summed E-state index contributed by atoms with van der Waals surface area (Å²) in [5.74, 6) is 0.591. The second-order valence-corrected chi connectivity index (χ2v) is 4.38. The molecule has 2 heteroatoms. The minimum atomic E-state index is -0.183. The summed E-state index contributed by atoms with van der Waals surface area (Å²) < 4.78 is 5.06. The number of hydrogen-bond donors (Lipinski definition) is 0. The highest BCUT2D eigenvalue weighted by Crippen LogP contribution is 2.30. The van der Waals surface area contributed by atoms with Crippen molar-refractivity contribution in [3.63, 3.8) is 0 Å². The van der Waals surface area contributed by atoms with Gasteiger partial charge in [-0.15, -0.1) is 0 Å². The summed E-state index contributed by atoms with van der Waals surface area (Å²) in [6.07, 6.45) is 4.97. The standard InChI is InChI=1S/C14H18O2/c1-2-16-14(15)13-9-4-3-8-12(13)10-11-6-5-7-11/h3-4,8-9,11H,2,5-7,10H2,1H3. The molecule has 1 aromatic carbocycles. The van der Waals surface area contributed by atoms with E-state index >= 15 is 0 Å². The average Bonchev–Trinajstić information content (AvgIpc) is 2.24. The molecule has 1 fully saturated rings. The van der Waals surface area contributed by atoms with Crippen LogP contribution in [0.15, 0.2) is 24.3 Å². The first-order valence-corrected chi connectivity index (χ1v) is 6.06. The number of benzene rings is 1. The first-order chi connectivity index (χ1) is 7.81. The summed E-state index contributed by atoms with van der Waals surface area (Å²) in [4.78, 5) is 11.7. The van der Waals surface area contributed by atoms with E-state index in [1.165, 1.54) is 19.3 Å². The molecule has 1 aromatic rings. The van der Waals surface area contributed by atoms with Crippen LogP contribution in [0.1, 0.15) is 42.1 Å². The van der Waals surface area contributed by atoms with Gasteiger partial charge in [0.2, 0.25) is 0 Å². The molecular formula is C14H18O2. The largest absolute Gasteiger partial charge is 0.462 e. The molecule has 0 saturated heterocycles. The Morgan fingerprint density at radius 3 is 2.75 bits per heavy atom. The van der Waals surface area contributed by atoms with Crippen LogP contribution in [-0.4, -0.2) is 12.6 Å². The number of carbonyl (C=O) groups is 1. The molecule has 2 nitrogen and oxygen atoms in total. The molecule has 0 radical (unpaired) electrons. The fourth-order valence-corrected chi connectivity index (χ4v) is 2.11. The molecule has 1 aliphatic rings. The van der Waals surface area contributed by atoms with Crippen LogP contribution in [0.4, 0.5) is 0 Å². The van der Waals surface area contributed by atoms with Gasteiger partial charge in [0.05, 0.1) is 12.2 Å². The Kier molecular flexibility index (Phi) is 3.60. The number of hydrogen-bond acceptors (Lipinski definition) is 2. The second-order valence-electron chi connectivity index (χ2n) is 4.38. The van der Waals surface area contributed by atoms with E-state index < -0.39 is 0 Å². The molecule has 2 rings (SSSR count). The van der Waals surface area contributed by atoms with E-state index in [2.05, 4.69) is 0 Å². The molecule has 0 atom stereocenters. The third-order valence-corrected chi connectivity index (χ3v) is 3.25. The van der Waals surface area contributed by atoms with Crippen molar-refractivity contribution < 1.29 is 9.53 Å². The van der Waals surface area contributed by atoms with Crippen molar-refractivity contribution in [2.75, 3.05) is 6.61 Å². The molecule has 1 aliphatic carbocycles. The van der Waals surface area contributed by atoms with Crippen LogP contribution in [-0.2, 0) is 11.2 Å². The zero-order chi connectivity index (χ0) is 11.4. The summed E-state index contributed by atoms with van der Waals surface area (Å²) in [6.45, 7) is 2.28. The molecule has 0 unspecified atom stereocenters. The van der Waals surface area contributed by atoms with E-state index in [1.807, 2.05) is 31.2 Å². The Morgan fingerprint density at radius 1 is 1.38 bits per heavy atom. The minimum absolute atomic E-state index is 0.183. The quantitative estimate of drug-likeness (QED) is 0.725. The number of rotatable bonds is 4. The van der Waals surface area contributed by atoms with Gasteiger partial charge in [0.15, 0.2) is 0 Å². The van der Waals surface area contributed by atoms with Crippen LogP contribution >= 0.6 is 0 Å². The summed E-state index contributed by atoms with van der Waals surface area (Å²) >= 11 is 0. The summed E-state index contributed by atoms with van der Waals surface area (Å²) in [6, 6.07) is 7.81. The first-order valence-electron chi connectivity index (χ1n) is 6.06. The zero-order valence-corrected chi connectivity index (χ0v) is 9.74.